The quantitative estimate of drug-likeness (QED) is 0.621. The lowest BCUT2D eigenvalue weighted by atomic mass is 9.85. The van der Waals surface area contributed by atoms with E-state index in [0.29, 0.717) is 11.9 Å². The minimum absolute atomic E-state index is 0.101. The Kier molecular flexibility index (Phi) is 5.46. The van der Waals surface area contributed by atoms with Crippen LogP contribution in [-0.4, -0.2) is 10.9 Å². The molecule has 3 nitrogen and oxygen atoms in total. The maximum absolute atomic E-state index is 14.2. The normalized spacial score (nSPS) is 17.6. The third kappa shape index (κ3) is 3.50. The van der Waals surface area contributed by atoms with Crippen molar-refractivity contribution in [2.24, 2.45) is 0 Å². The average Bonchev–Trinajstić information content (AvgIpc) is 2.88. The van der Waals surface area contributed by atoms with Gasteiger partial charge < -0.3 is 5.32 Å². The Morgan fingerprint density at radius 3 is 2.68 bits per heavy atom. The highest BCUT2D eigenvalue weighted by Gasteiger charge is 2.38. The Labute approximate surface area is 161 Å². The van der Waals surface area contributed by atoms with E-state index < -0.39 is 35.2 Å². The molecule has 0 radical (unpaired) electrons. The molecule has 7 heteroatoms. The standard InChI is InChI=1S/C21H22F4N2O/c1-4-6-11-9-21(2,3)12-7-5-8-14(15(11)12)27-20(28)16-17(23)13(22)10-26-18(16)19(24)25/h5,7-8,10-11,19H,4,6,9H2,1-3H3,(H,27,28)/t11-/m1/s1. The summed E-state index contributed by atoms with van der Waals surface area (Å²) in [7, 11) is 0. The average molecular weight is 394 g/mol. The van der Waals surface area contributed by atoms with Crippen molar-refractivity contribution in [3.63, 3.8) is 0 Å². The molecule has 1 aliphatic rings. The summed E-state index contributed by atoms with van der Waals surface area (Å²) >= 11 is 0. The third-order valence-corrected chi connectivity index (χ3v) is 5.32. The molecule has 1 amide bonds. The van der Waals surface area contributed by atoms with E-state index in [1.54, 1.807) is 12.1 Å². The van der Waals surface area contributed by atoms with Gasteiger partial charge in [0.1, 0.15) is 11.3 Å². The number of anilines is 1. The maximum Gasteiger partial charge on any atom is 0.281 e. The van der Waals surface area contributed by atoms with Crippen LogP contribution in [0.15, 0.2) is 24.4 Å². The molecule has 0 saturated heterocycles. The van der Waals surface area contributed by atoms with Gasteiger partial charge >= 0.3 is 0 Å². The van der Waals surface area contributed by atoms with Crippen molar-refractivity contribution in [3.05, 3.63) is 58.4 Å². The molecule has 0 unspecified atom stereocenters. The number of alkyl halides is 2. The van der Waals surface area contributed by atoms with Crippen molar-refractivity contribution in [2.75, 3.05) is 5.32 Å². The molecule has 0 aliphatic heterocycles. The molecule has 1 aliphatic carbocycles. The molecule has 1 N–H and O–H groups in total. The van der Waals surface area contributed by atoms with Crippen LogP contribution in [0.25, 0.3) is 0 Å². The van der Waals surface area contributed by atoms with Gasteiger partial charge in [-0.1, -0.05) is 39.3 Å². The zero-order chi connectivity index (χ0) is 20.6. The van der Waals surface area contributed by atoms with Crippen LogP contribution >= 0.6 is 0 Å². The highest BCUT2D eigenvalue weighted by molar-refractivity contribution is 6.06. The molecule has 2 aromatic rings. The first-order valence-electron chi connectivity index (χ1n) is 9.24. The van der Waals surface area contributed by atoms with Gasteiger partial charge in [0.05, 0.1) is 6.20 Å². The molecule has 0 saturated carbocycles. The van der Waals surface area contributed by atoms with E-state index >= 15 is 0 Å². The topological polar surface area (TPSA) is 42.0 Å². The number of nitrogens with one attached hydrogen (secondary N) is 1. The van der Waals surface area contributed by atoms with Crippen LogP contribution < -0.4 is 5.32 Å². The fourth-order valence-electron chi connectivity index (χ4n) is 4.17. The predicted molar refractivity (Wildman–Crippen MR) is 98.8 cm³/mol. The lowest BCUT2D eigenvalue weighted by Crippen LogP contribution is -2.20. The minimum Gasteiger partial charge on any atom is -0.322 e. The summed E-state index contributed by atoms with van der Waals surface area (Å²) in [5, 5.41) is 2.53. The predicted octanol–water partition coefficient (Wildman–Crippen LogP) is 6.11. The molecule has 0 fully saturated rings. The molecular formula is C21H22F4N2O. The van der Waals surface area contributed by atoms with E-state index in [1.807, 2.05) is 6.07 Å². The molecule has 1 aromatic carbocycles. The van der Waals surface area contributed by atoms with Crippen LogP contribution in [0.4, 0.5) is 23.2 Å². The lowest BCUT2D eigenvalue weighted by Gasteiger charge is -2.19. The first kappa shape index (κ1) is 20.3. The fourth-order valence-corrected chi connectivity index (χ4v) is 4.17. The second kappa shape index (κ2) is 7.53. The van der Waals surface area contributed by atoms with Crippen molar-refractivity contribution in [1.29, 1.82) is 0 Å². The van der Waals surface area contributed by atoms with Gasteiger partial charge in [-0.2, -0.15) is 0 Å². The van der Waals surface area contributed by atoms with Crippen LogP contribution in [0.5, 0.6) is 0 Å². The van der Waals surface area contributed by atoms with E-state index in [0.717, 1.165) is 30.4 Å². The molecule has 28 heavy (non-hydrogen) atoms. The molecule has 3 rings (SSSR count). The number of fused-ring (bicyclic) bond motifs is 1. The van der Waals surface area contributed by atoms with Crippen molar-refractivity contribution >= 4 is 11.6 Å². The van der Waals surface area contributed by atoms with Gasteiger partial charge in [0.15, 0.2) is 11.6 Å². The smallest absolute Gasteiger partial charge is 0.281 e. The second-order valence-corrected chi connectivity index (χ2v) is 7.78. The van der Waals surface area contributed by atoms with Crippen LogP contribution in [0.1, 0.15) is 79.6 Å². The van der Waals surface area contributed by atoms with Crippen LogP contribution in [0, 0.1) is 11.6 Å². The highest BCUT2D eigenvalue weighted by atomic mass is 19.3. The van der Waals surface area contributed by atoms with E-state index in [4.69, 9.17) is 0 Å². The fraction of sp³-hybridized carbons (Fsp3) is 0.429. The summed E-state index contributed by atoms with van der Waals surface area (Å²) in [4.78, 5) is 15.9. The molecule has 1 atom stereocenters. The van der Waals surface area contributed by atoms with Crippen molar-refractivity contribution in [1.82, 2.24) is 4.98 Å². The first-order valence-corrected chi connectivity index (χ1v) is 9.24. The lowest BCUT2D eigenvalue weighted by molar-refractivity contribution is 0.0997. The van der Waals surface area contributed by atoms with Crippen LogP contribution in [-0.2, 0) is 5.41 Å². The van der Waals surface area contributed by atoms with E-state index in [1.165, 1.54) is 0 Å². The SMILES string of the molecule is CCC[C@@H]1CC(C)(C)c2cccc(NC(=O)c3c(C(F)F)ncc(F)c3F)c21. The number of aromatic nitrogens is 1. The number of nitrogens with zero attached hydrogens (tertiary/aromatic N) is 1. The molecule has 0 bridgehead atoms. The van der Waals surface area contributed by atoms with Crippen molar-refractivity contribution in [2.45, 2.75) is 57.8 Å². The molecule has 1 heterocycles. The van der Waals surface area contributed by atoms with Gasteiger partial charge in [-0.3, -0.25) is 9.78 Å². The van der Waals surface area contributed by atoms with Crippen molar-refractivity contribution < 1.29 is 22.4 Å². The highest BCUT2D eigenvalue weighted by Crippen LogP contribution is 2.50. The number of hydrogen-bond acceptors (Lipinski definition) is 2. The van der Waals surface area contributed by atoms with Gasteiger partial charge in [0, 0.05) is 5.69 Å². The summed E-state index contributed by atoms with van der Waals surface area (Å²) in [5.41, 5.74) is 0.207. The van der Waals surface area contributed by atoms with E-state index in [9.17, 15) is 22.4 Å². The van der Waals surface area contributed by atoms with Gasteiger partial charge in [-0.15, -0.1) is 0 Å². The second-order valence-electron chi connectivity index (χ2n) is 7.78. The number of amides is 1. The zero-order valence-corrected chi connectivity index (χ0v) is 16.0. The Morgan fingerprint density at radius 1 is 1.32 bits per heavy atom. The number of benzene rings is 1. The summed E-state index contributed by atoms with van der Waals surface area (Å²) in [6.07, 6.45) is -0.111. The Bertz CT molecular complexity index is 912. The Hall–Kier alpha value is -2.44. The largest absolute Gasteiger partial charge is 0.322 e. The maximum atomic E-state index is 14.2. The summed E-state index contributed by atoms with van der Waals surface area (Å²) in [5.74, 6) is -4.01. The summed E-state index contributed by atoms with van der Waals surface area (Å²) < 4.78 is 54.1. The van der Waals surface area contributed by atoms with Gasteiger partial charge in [0.25, 0.3) is 12.3 Å². The number of carbonyl (C=O) groups is 1. The van der Waals surface area contributed by atoms with Gasteiger partial charge in [-0.05, 0) is 41.4 Å². The minimum atomic E-state index is -3.20. The number of pyridine rings is 1. The van der Waals surface area contributed by atoms with Crippen LogP contribution in [0.3, 0.4) is 0 Å². The van der Waals surface area contributed by atoms with Crippen molar-refractivity contribution in [3.8, 4) is 0 Å². The molecule has 150 valence electrons. The molecule has 1 aromatic heterocycles. The Morgan fingerprint density at radius 2 is 2.04 bits per heavy atom. The number of rotatable bonds is 5. The monoisotopic (exact) mass is 394 g/mol. The van der Waals surface area contributed by atoms with E-state index in [2.05, 4.69) is 31.1 Å². The Balaban J connectivity index is 2.04. The zero-order valence-electron chi connectivity index (χ0n) is 16.0. The van der Waals surface area contributed by atoms with Gasteiger partial charge in [-0.25, -0.2) is 17.6 Å². The summed E-state index contributed by atoms with van der Waals surface area (Å²) in [6.45, 7) is 6.28. The molecular weight excluding hydrogens is 372 g/mol. The molecule has 0 spiro atoms. The number of carbonyl (C=O) groups excluding carboxylic acids is 1. The third-order valence-electron chi connectivity index (χ3n) is 5.32. The number of halogens is 4. The first-order chi connectivity index (χ1) is 13.2. The van der Waals surface area contributed by atoms with E-state index in [-0.39, 0.29) is 11.3 Å². The number of hydrogen-bond donors (Lipinski definition) is 1. The van der Waals surface area contributed by atoms with Gasteiger partial charge in [0.2, 0.25) is 0 Å². The summed E-state index contributed by atoms with van der Waals surface area (Å²) in [6, 6.07) is 5.40. The van der Waals surface area contributed by atoms with Crippen LogP contribution in [0.2, 0.25) is 0 Å².